The molecule has 3 rings (SSSR count). The minimum atomic E-state index is 0.224. The predicted molar refractivity (Wildman–Crippen MR) is 133 cm³/mol. The van der Waals surface area contributed by atoms with E-state index in [2.05, 4.69) is 64.1 Å². The molecule has 3 aromatic rings. The highest BCUT2D eigenvalue weighted by Gasteiger charge is 2.21. The molecule has 0 saturated carbocycles. The summed E-state index contributed by atoms with van der Waals surface area (Å²) in [6, 6.07) is 12.7. The Morgan fingerprint density at radius 3 is 2.29 bits per heavy atom. The van der Waals surface area contributed by atoms with Crippen LogP contribution >= 0.6 is 0 Å². The number of hydrogen-bond donors (Lipinski definition) is 0. The molecule has 0 amide bonds. The molecule has 1 heterocycles. The van der Waals surface area contributed by atoms with Crippen LogP contribution in [0.2, 0.25) is 0 Å². The van der Waals surface area contributed by atoms with E-state index in [-0.39, 0.29) is 6.10 Å². The Bertz CT molecular complexity index is 948. The SMILES string of the molecule is CCCCCCCC(CCC)Oc1nc2c(ccc3ccccc32)nc1C(CC)CC. The molecule has 0 aliphatic rings. The Morgan fingerprint density at radius 1 is 0.774 bits per heavy atom. The van der Waals surface area contributed by atoms with E-state index in [0.29, 0.717) is 5.92 Å². The van der Waals surface area contributed by atoms with Gasteiger partial charge in [0.1, 0.15) is 17.3 Å². The molecule has 1 aromatic heterocycles. The Hall–Kier alpha value is -2.16. The highest BCUT2D eigenvalue weighted by molar-refractivity contribution is 6.03. The molecule has 1 atom stereocenters. The van der Waals surface area contributed by atoms with Gasteiger partial charge in [0.15, 0.2) is 0 Å². The van der Waals surface area contributed by atoms with Gasteiger partial charge in [-0.25, -0.2) is 9.97 Å². The molecule has 2 aromatic carbocycles. The first-order valence-electron chi connectivity index (χ1n) is 12.6. The van der Waals surface area contributed by atoms with Crippen molar-refractivity contribution in [2.45, 2.75) is 104 Å². The Kier molecular flexibility index (Phi) is 9.12. The summed E-state index contributed by atoms with van der Waals surface area (Å²) in [5.74, 6) is 1.15. The van der Waals surface area contributed by atoms with E-state index in [4.69, 9.17) is 14.7 Å². The van der Waals surface area contributed by atoms with Crippen LogP contribution in [-0.2, 0) is 0 Å². The van der Waals surface area contributed by atoms with Gasteiger partial charge in [0.05, 0.1) is 5.52 Å². The van der Waals surface area contributed by atoms with Crippen LogP contribution in [0.4, 0.5) is 0 Å². The summed E-state index contributed by atoms with van der Waals surface area (Å²) in [5.41, 5.74) is 2.97. The minimum Gasteiger partial charge on any atom is -0.473 e. The summed E-state index contributed by atoms with van der Waals surface area (Å²) in [6.45, 7) is 8.99. The number of benzene rings is 2. The third-order valence-corrected chi connectivity index (χ3v) is 6.44. The lowest BCUT2D eigenvalue weighted by Gasteiger charge is -2.22. The highest BCUT2D eigenvalue weighted by Crippen LogP contribution is 2.34. The molecule has 0 fully saturated rings. The van der Waals surface area contributed by atoms with Gasteiger partial charge in [0.25, 0.3) is 0 Å². The molecule has 1 unspecified atom stereocenters. The fraction of sp³-hybridized carbons (Fsp3) is 0.571. The molecule has 168 valence electrons. The topological polar surface area (TPSA) is 35.0 Å². The molecule has 0 aliphatic heterocycles. The monoisotopic (exact) mass is 420 g/mol. The second-order valence-corrected chi connectivity index (χ2v) is 8.81. The lowest BCUT2D eigenvalue weighted by molar-refractivity contribution is 0.165. The molecule has 0 aliphatic carbocycles. The van der Waals surface area contributed by atoms with Crippen molar-refractivity contribution in [3.8, 4) is 5.88 Å². The maximum absolute atomic E-state index is 6.66. The van der Waals surface area contributed by atoms with Gasteiger partial charge in [-0.15, -0.1) is 0 Å². The minimum absolute atomic E-state index is 0.224. The van der Waals surface area contributed by atoms with Crippen molar-refractivity contribution in [1.29, 1.82) is 0 Å². The second-order valence-electron chi connectivity index (χ2n) is 8.81. The number of fused-ring (bicyclic) bond motifs is 3. The summed E-state index contributed by atoms with van der Waals surface area (Å²) in [6.07, 6.45) is 12.1. The molecular weight excluding hydrogens is 380 g/mol. The summed E-state index contributed by atoms with van der Waals surface area (Å²) >= 11 is 0. The zero-order valence-corrected chi connectivity index (χ0v) is 20.0. The van der Waals surface area contributed by atoms with Crippen molar-refractivity contribution < 1.29 is 4.74 Å². The van der Waals surface area contributed by atoms with Gasteiger partial charge in [-0.3, -0.25) is 0 Å². The molecular formula is C28H40N2O. The van der Waals surface area contributed by atoms with Crippen LogP contribution < -0.4 is 4.74 Å². The number of ether oxygens (including phenoxy) is 1. The van der Waals surface area contributed by atoms with Crippen LogP contribution in [0.3, 0.4) is 0 Å². The maximum atomic E-state index is 6.66. The van der Waals surface area contributed by atoms with Crippen molar-refractivity contribution in [2.24, 2.45) is 0 Å². The van der Waals surface area contributed by atoms with Crippen molar-refractivity contribution in [2.75, 3.05) is 0 Å². The lowest BCUT2D eigenvalue weighted by atomic mass is 9.98. The third kappa shape index (κ3) is 5.96. The van der Waals surface area contributed by atoms with E-state index >= 15 is 0 Å². The van der Waals surface area contributed by atoms with Gasteiger partial charge in [0.2, 0.25) is 5.88 Å². The molecule has 0 spiro atoms. The smallest absolute Gasteiger partial charge is 0.236 e. The van der Waals surface area contributed by atoms with E-state index in [1.54, 1.807) is 0 Å². The molecule has 0 radical (unpaired) electrons. The first-order chi connectivity index (χ1) is 15.2. The Morgan fingerprint density at radius 2 is 1.55 bits per heavy atom. The van der Waals surface area contributed by atoms with Gasteiger partial charge < -0.3 is 4.74 Å². The Balaban J connectivity index is 1.95. The normalized spacial score (nSPS) is 12.7. The predicted octanol–water partition coefficient (Wildman–Crippen LogP) is 8.59. The zero-order chi connectivity index (χ0) is 22.1. The summed E-state index contributed by atoms with van der Waals surface area (Å²) < 4.78 is 6.66. The van der Waals surface area contributed by atoms with Crippen LogP contribution in [0.5, 0.6) is 5.88 Å². The van der Waals surface area contributed by atoms with E-state index in [0.717, 1.165) is 60.1 Å². The number of unbranched alkanes of at least 4 members (excludes halogenated alkanes) is 4. The van der Waals surface area contributed by atoms with E-state index in [1.165, 1.54) is 37.5 Å². The summed E-state index contributed by atoms with van der Waals surface area (Å²) in [4.78, 5) is 10.2. The molecule has 0 bridgehead atoms. The van der Waals surface area contributed by atoms with Crippen LogP contribution in [0.1, 0.15) is 104 Å². The average molecular weight is 421 g/mol. The highest BCUT2D eigenvalue weighted by atomic mass is 16.5. The first-order valence-corrected chi connectivity index (χ1v) is 12.6. The number of hydrogen-bond acceptors (Lipinski definition) is 3. The van der Waals surface area contributed by atoms with E-state index < -0.39 is 0 Å². The van der Waals surface area contributed by atoms with Crippen molar-refractivity contribution in [3.63, 3.8) is 0 Å². The van der Waals surface area contributed by atoms with Gasteiger partial charge in [-0.1, -0.05) is 90.1 Å². The number of aromatic nitrogens is 2. The molecule has 0 N–H and O–H groups in total. The summed E-state index contributed by atoms with van der Waals surface area (Å²) in [5, 5.41) is 2.35. The van der Waals surface area contributed by atoms with Crippen LogP contribution in [0, 0.1) is 0 Å². The molecule has 31 heavy (non-hydrogen) atoms. The van der Waals surface area contributed by atoms with Gasteiger partial charge in [-0.2, -0.15) is 0 Å². The van der Waals surface area contributed by atoms with Gasteiger partial charge >= 0.3 is 0 Å². The van der Waals surface area contributed by atoms with Crippen molar-refractivity contribution in [3.05, 3.63) is 42.1 Å². The maximum Gasteiger partial charge on any atom is 0.236 e. The summed E-state index contributed by atoms with van der Waals surface area (Å²) in [7, 11) is 0. The lowest BCUT2D eigenvalue weighted by Crippen LogP contribution is -2.19. The van der Waals surface area contributed by atoms with E-state index in [9.17, 15) is 0 Å². The molecule has 3 heteroatoms. The zero-order valence-electron chi connectivity index (χ0n) is 20.0. The van der Waals surface area contributed by atoms with Gasteiger partial charge in [-0.05, 0) is 43.6 Å². The standard InChI is InChI=1S/C28H40N2O/c1-5-9-10-11-12-17-23(15-6-2)31-28-26(21(7-3)8-4)29-25-20-19-22-16-13-14-18-24(22)27(25)30-28/h13-14,16,18-21,23H,5-12,15,17H2,1-4H3. The quantitative estimate of drug-likeness (QED) is 0.205. The van der Waals surface area contributed by atoms with Crippen molar-refractivity contribution in [1.82, 2.24) is 9.97 Å². The largest absolute Gasteiger partial charge is 0.473 e. The van der Waals surface area contributed by atoms with Crippen LogP contribution in [0.25, 0.3) is 21.8 Å². The second kappa shape index (κ2) is 12.0. The number of rotatable bonds is 13. The van der Waals surface area contributed by atoms with Crippen LogP contribution in [0.15, 0.2) is 36.4 Å². The molecule has 3 nitrogen and oxygen atoms in total. The average Bonchev–Trinajstić information content (AvgIpc) is 2.80. The third-order valence-electron chi connectivity index (χ3n) is 6.44. The first kappa shape index (κ1) is 23.5. The van der Waals surface area contributed by atoms with E-state index in [1.807, 2.05) is 0 Å². The molecule has 0 saturated heterocycles. The Labute approximate surface area is 188 Å². The fourth-order valence-electron chi connectivity index (χ4n) is 4.53. The number of nitrogens with zero attached hydrogens (tertiary/aromatic N) is 2. The van der Waals surface area contributed by atoms with Crippen molar-refractivity contribution >= 4 is 21.8 Å². The van der Waals surface area contributed by atoms with Crippen LogP contribution in [-0.4, -0.2) is 16.1 Å². The van der Waals surface area contributed by atoms with Gasteiger partial charge in [0, 0.05) is 11.3 Å². The fourth-order valence-corrected chi connectivity index (χ4v) is 4.53.